The van der Waals surface area contributed by atoms with Crippen LogP contribution in [0.3, 0.4) is 0 Å². The van der Waals surface area contributed by atoms with Crippen molar-refractivity contribution in [3.63, 3.8) is 0 Å². The van der Waals surface area contributed by atoms with Crippen molar-refractivity contribution in [1.82, 2.24) is 0 Å². The smallest absolute Gasteiger partial charge is 0.0735 e. The molecule has 2 unspecified atom stereocenters. The van der Waals surface area contributed by atoms with Gasteiger partial charge in [0, 0.05) is 11.1 Å². The summed E-state index contributed by atoms with van der Waals surface area (Å²) >= 11 is 0. The van der Waals surface area contributed by atoms with E-state index in [9.17, 15) is 5.11 Å². The Morgan fingerprint density at radius 2 is 1.26 bits per heavy atom. The van der Waals surface area contributed by atoms with Crippen LogP contribution in [0.2, 0.25) is 0 Å². The Hall–Kier alpha value is -1.93. The lowest BCUT2D eigenvalue weighted by molar-refractivity contribution is 0.171. The van der Waals surface area contributed by atoms with Crippen LogP contribution in [0.1, 0.15) is 25.0 Å². The minimum Gasteiger partial charge on any atom is -0.391 e. The molecule has 2 heteroatoms. The third kappa shape index (κ3) is 3.52. The van der Waals surface area contributed by atoms with Crippen molar-refractivity contribution in [2.24, 2.45) is 4.99 Å². The molecule has 0 amide bonds. The highest BCUT2D eigenvalue weighted by molar-refractivity contribution is 6.12. The molecule has 0 aromatic heterocycles. The fourth-order valence-corrected chi connectivity index (χ4v) is 1.82. The third-order valence-electron chi connectivity index (χ3n) is 3.13. The molecule has 0 fully saturated rings. The van der Waals surface area contributed by atoms with Crippen molar-refractivity contribution >= 4 is 5.71 Å². The Kier molecular flexibility index (Phi) is 4.48. The highest BCUT2D eigenvalue weighted by atomic mass is 16.3. The molecule has 0 heterocycles. The number of hydrogen-bond acceptors (Lipinski definition) is 2. The van der Waals surface area contributed by atoms with Crippen LogP contribution in [0, 0.1) is 0 Å². The number of benzene rings is 2. The molecule has 0 aliphatic heterocycles. The van der Waals surface area contributed by atoms with E-state index in [0.29, 0.717) is 0 Å². The zero-order chi connectivity index (χ0) is 13.7. The number of hydrogen-bond donors (Lipinski definition) is 1. The van der Waals surface area contributed by atoms with Gasteiger partial charge in [-0.3, -0.25) is 4.99 Å². The number of rotatable bonds is 4. The number of nitrogens with zero attached hydrogens (tertiary/aromatic N) is 1. The van der Waals surface area contributed by atoms with Gasteiger partial charge in [0.15, 0.2) is 0 Å². The quantitative estimate of drug-likeness (QED) is 0.833. The minimum atomic E-state index is -0.456. The minimum absolute atomic E-state index is 0.129. The molecule has 2 rings (SSSR count). The normalized spacial score (nSPS) is 13.6. The largest absolute Gasteiger partial charge is 0.391 e. The van der Waals surface area contributed by atoms with E-state index in [1.807, 2.05) is 67.6 Å². The van der Waals surface area contributed by atoms with Gasteiger partial charge in [-0.2, -0.15) is 0 Å². The Bertz CT molecular complexity index is 490. The van der Waals surface area contributed by atoms with Crippen LogP contribution in [-0.2, 0) is 0 Å². The fraction of sp³-hybridized carbons (Fsp3) is 0.235. The molecule has 0 aliphatic rings. The maximum absolute atomic E-state index is 9.66. The third-order valence-corrected chi connectivity index (χ3v) is 3.13. The number of aliphatic hydroxyl groups is 1. The second kappa shape index (κ2) is 6.30. The first-order valence-electron chi connectivity index (χ1n) is 6.55. The summed E-state index contributed by atoms with van der Waals surface area (Å²) in [5.74, 6) is 0. The van der Waals surface area contributed by atoms with Gasteiger partial charge in [-0.15, -0.1) is 0 Å². The molecule has 2 aromatic carbocycles. The molecular formula is C17H19NO. The van der Waals surface area contributed by atoms with Gasteiger partial charge in [-0.25, -0.2) is 0 Å². The van der Waals surface area contributed by atoms with Crippen molar-refractivity contribution in [1.29, 1.82) is 0 Å². The van der Waals surface area contributed by atoms with E-state index in [0.717, 1.165) is 16.8 Å². The molecule has 2 nitrogen and oxygen atoms in total. The maximum atomic E-state index is 9.66. The molecule has 1 N–H and O–H groups in total. The maximum Gasteiger partial charge on any atom is 0.0735 e. The second-order valence-corrected chi connectivity index (χ2v) is 4.69. The summed E-state index contributed by atoms with van der Waals surface area (Å²) in [5, 5.41) is 9.66. The summed E-state index contributed by atoms with van der Waals surface area (Å²) in [7, 11) is 0. The monoisotopic (exact) mass is 253 g/mol. The van der Waals surface area contributed by atoms with E-state index in [-0.39, 0.29) is 6.04 Å². The number of aliphatic hydroxyl groups excluding tert-OH is 1. The molecule has 0 aliphatic carbocycles. The molecular weight excluding hydrogens is 234 g/mol. The van der Waals surface area contributed by atoms with Crippen LogP contribution >= 0.6 is 0 Å². The summed E-state index contributed by atoms with van der Waals surface area (Å²) in [4.78, 5) is 4.68. The lowest BCUT2D eigenvalue weighted by Gasteiger charge is -2.14. The topological polar surface area (TPSA) is 32.6 Å². The predicted octanol–water partition coefficient (Wildman–Crippen LogP) is 3.29. The Labute approximate surface area is 114 Å². The van der Waals surface area contributed by atoms with Gasteiger partial charge < -0.3 is 5.11 Å². The lowest BCUT2D eigenvalue weighted by atomic mass is 10.0. The van der Waals surface area contributed by atoms with E-state index in [1.165, 1.54) is 0 Å². The lowest BCUT2D eigenvalue weighted by Crippen LogP contribution is -2.19. The summed E-state index contributed by atoms with van der Waals surface area (Å²) in [6.07, 6.45) is -0.456. The van der Waals surface area contributed by atoms with Crippen molar-refractivity contribution < 1.29 is 5.11 Å². The molecule has 0 bridgehead atoms. The summed E-state index contributed by atoms with van der Waals surface area (Å²) in [6.45, 7) is 3.69. The van der Waals surface area contributed by atoms with Gasteiger partial charge in [-0.1, -0.05) is 60.7 Å². The summed E-state index contributed by atoms with van der Waals surface area (Å²) in [6, 6.07) is 20.0. The predicted molar refractivity (Wildman–Crippen MR) is 79.7 cm³/mol. The Morgan fingerprint density at radius 3 is 1.63 bits per heavy atom. The van der Waals surface area contributed by atoms with Crippen molar-refractivity contribution in [2.45, 2.75) is 26.0 Å². The van der Waals surface area contributed by atoms with Crippen molar-refractivity contribution in [3.8, 4) is 0 Å². The molecule has 2 aromatic rings. The van der Waals surface area contributed by atoms with E-state index < -0.39 is 6.10 Å². The zero-order valence-electron chi connectivity index (χ0n) is 11.3. The van der Waals surface area contributed by atoms with Crippen LogP contribution in [-0.4, -0.2) is 23.0 Å². The highest BCUT2D eigenvalue weighted by Crippen LogP contribution is 2.13. The SMILES string of the molecule is CC(O)C(C)N=C(c1ccccc1)c1ccccc1. The molecule has 2 atom stereocenters. The summed E-state index contributed by atoms with van der Waals surface area (Å²) in [5.41, 5.74) is 3.07. The van der Waals surface area contributed by atoms with E-state index in [4.69, 9.17) is 0 Å². The van der Waals surface area contributed by atoms with Crippen LogP contribution in [0.15, 0.2) is 65.7 Å². The summed E-state index contributed by atoms with van der Waals surface area (Å²) < 4.78 is 0. The molecule has 0 spiro atoms. The van der Waals surface area contributed by atoms with Gasteiger partial charge in [-0.05, 0) is 13.8 Å². The average Bonchev–Trinajstić information content (AvgIpc) is 2.46. The van der Waals surface area contributed by atoms with Gasteiger partial charge in [0.1, 0.15) is 0 Å². The van der Waals surface area contributed by atoms with Crippen molar-refractivity contribution in [3.05, 3.63) is 71.8 Å². The fourth-order valence-electron chi connectivity index (χ4n) is 1.82. The van der Waals surface area contributed by atoms with Gasteiger partial charge in [0.05, 0.1) is 17.9 Å². The van der Waals surface area contributed by atoms with Crippen LogP contribution in [0.4, 0.5) is 0 Å². The molecule has 0 radical (unpaired) electrons. The van der Waals surface area contributed by atoms with E-state index >= 15 is 0 Å². The highest BCUT2D eigenvalue weighted by Gasteiger charge is 2.11. The van der Waals surface area contributed by atoms with Gasteiger partial charge in [0.25, 0.3) is 0 Å². The van der Waals surface area contributed by atoms with Gasteiger partial charge >= 0.3 is 0 Å². The first-order valence-corrected chi connectivity index (χ1v) is 6.55. The second-order valence-electron chi connectivity index (χ2n) is 4.69. The van der Waals surface area contributed by atoms with E-state index in [2.05, 4.69) is 4.99 Å². The molecule has 19 heavy (non-hydrogen) atoms. The number of aliphatic imine (C=N–C) groups is 1. The van der Waals surface area contributed by atoms with Crippen LogP contribution in [0.5, 0.6) is 0 Å². The molecule has 0 saturated heterocycles. The average molecular weight is 253 g/mol. The zero-order valence-corrected chi connectivity index (χ0v) is 11.3. The van der Waals surface area contributed by atoms with Crippen LogP contribution < -0.4 is 0 Å². The Balaban J connectivity index is 2.46. The van der Waals surface area contributed by atoms with Crippen molar-refractivity contribution in [2.75, 3.05) is 0 Å². The first kappa shape index (κ1) is 13.5. The molecule has 0 saturated carbocycles. The first-order chi connectivity index (χ1) is 9.18. The molecule has 98 valence electrons. The standard InChI is InChI=1S/C17H19NO/c1-13(14(2)19)18-17(15-9-5-3-6-10-15)16-11-7-4-8-12-16/h3-14,19H,1-2H3. The van der Waals surface area contributed by atoms with E-state index in [1.54, 1.807) is 6.92 Å². The van der Waals surface area contributed by atoms with Gasteiger partial charge in [0.2, 0.25) is 0 Å². The Morgan fingerprint density at radius 1 is 0.842 bits per heavy atom. The van der Waals surface area contributed by atoms with Crippen LogP contribution in [0.25, 0.3) is 0 Å².